The summed E-state index contributed by atoms with van der Waals surface area (Å²) in [6.45, 7) is 7.73. The molecule has 1 rings (SSSR count). The molecule has 18 heavy (non-hydrogen) atoms. The molecular weight excluding hydrogens is 232 g/mol. The lowest BCUT2D eigenvalue weighted by Crippen LogP contribution is -2.32. The van der Waals surface area contributed by atoms with Gasteiger partial charge in [-0.2, -0.15) is 0 Å². The summed E-state index contributed by atoms with van der Waals surface area (Å²) in [7, 11) is 1.57. The molecule has 0 aliphatic carbocycles. The fourth-order valence-electron chi connectivity index (χ4n) is 1.35. The predicted octanol–water partition coefficient (Wildman–Crippen LogP) is 2.42. The molecule has 0 atom stereocenters. The van der Waals surface area contributed by atoms with Gasteiger partial charge in [-0.05, 0) is 33.3 Å². The number of aryl methyl sites for hydroxylation is 1. The smallest absolute Gasteiger partial charge is 0.407 e. The van der Waals surface area contributed by atoms with Gasteiger partial charge < -0.3 is 14.8 Å². The quantitative estimate of drug-likeness (QED) is 0.897. The Bertz CT molecular complexity index is 425. The number of hydrogen-bond donors (Lipinski definition) is 1. The van der Waals surface area contributed by atoms with Crippen LogP contribution in [0.5, 0.6) is 5.88 Å². The highest BCUT2D eigenvalue weighted by Gasteiger charge is 2.15. The third kappa shape index (κ3) is 4.61. The molecule has 1 amide bonds. The van der Waals surface area contributed by atoms with Gasteiger partial charge in [0.25, 0.3) is 0 Å². The summed E-state index contributed by atoms with van der Waals surface area (Å²) in [5.74, 6) is 0.563. The Kier molecular flexibility index (Phi) is 4.53. The number of methoxy groups -OCH3 is 1. The maximum Gasteiger partial charge on any atom is 0.407 e. The molecule has 0 bridgehead atoms. The van der Waals surface area contributed by atoms with E-state index in [1.807, 2.05) is 33.8 Å². The van der Waals surface area contributed by atoms with Crippen molar-refractivity contribution < 1.29 is 14.3 Å². The third-order valence-corrected chi connectivity index (χ3v) is 2.20. The molecule has 1 heterocycles. The first-order chi connectivity index (χ1) is 8.31. The van der Waals surface area contributed by atoms with E-state index in [9.17, 15) is 4.79 Å². The van der Waals surface area contributed by atoms with Crippen molar-refractivity contribution in [3.05, 3.63) is 23.4 Å². The number of ether oxygens (including phenoxy) is 2. The summed E-state index contributed by atoms with van der Waals surface area (Å²) >= 11 is 0. The lowest BCUT2D eigenvalue weighted by atomic mass is 10.2. The van der Waals surface area contributed by atoms with Gasteiger partial charge in [-0.3, -0.25) is 0 Å². The monoisotopic (exact) mass is 252 g/mol. The van der Waals surface area contributed by atoms with Gasteiger partial charge in [0.05, 0.1) is 7.11 Å². The van der Waals surface area contributed by atoms with E-state index in [1.165, 1.54) is 0 Å². The van der Waals surface area contributed by atoms with Crippen molar-refractivity contribution in [1.29, 1.82) is 0 Å². The van der Waals surface area contributed by atoms with E-state index in [2.05, 4.69) is 10.3 Å². The van der Waals surface area contributed by atoms with E-state index < -0.39 is 11.7 Å². The maximum absolute atomic E-state index is 11.5. The SMILES string of the molecule is COc1ccc(CNC(=O)OC(C)(C)C)c(C)n1. The summed E-state index contributed by atoms with van der Waals surface area (Å²) in [4.78, 5) is 15.7. The molecular formula is C13H20N2O3. The molecule has 1 aromatic heterocycles. The second-order valence-electron chi connectivity index (χ2n) is 4.95. The molecule has 0 saturated carbocycles. The standard InChI is InChI=1S/C13H20N2O3/c1-9-10(6-7-11(15-9)17-5)8-14-12(16)18-13(2,3)4/h6-7H,8H2,1-5H3,(H,14,16). The molecule has 100 valence electrons. The van der Waals surface area contributed by atoms with Crippen LogP contribution in [0.3, 0.4) is 0 Å². The van der Waals surface area contributed by atoms with Gasteiger partial charge in [-0.15, -0.1) is 0 Å². The second kappa shape index (κ2) is 5.71. The Hall–Kier alpha value is -1.78. The highest BCUT2D eigenvalue weighted by atomic mass is 16.6. The molecule has 0 unspecified atom stereocenters. The highest BCUT2D eigenvalue weighted by Crippen LogP contribution is 2.12. The highest BCUT2D eigenvalue weighted by molar-refractivity contribution is 5.67. The second-order valence-corrected chi connectivity index (χ2v) is 4.95. The molecule has 0 radical (unpaired) electrons. The van der Waals surface area contributed by atoms with Gasteiger partial charge in [-0.1, -0.05) is 6.07 Å². The van der Waals surface area contributed by atoms with Crippen LogP contribution in [-0.2, 0) is 11.3 Å². The van der Waals surface area contributed by atoms with E-state index in [-0.39, 0.29) is 0 Å². The molecule has 0 aromatic carbocycles. The van der Waals surface area contributed by atoms with E-state index in [0.717, 1.165) is 11.3 Å². The number of aromatic nitrogens is 1. The van der Waals surface area contributed by atoms with Crippen LogP contribution >= 0.6 is 0 Å². The van der Waals surface area contributed by atoms with Crippen molar-refractivity contribution in [1.82, 2.24) is 10.3 Å². The average molecular weight is 252 g/mol. The Morgan fingerprint density at radius 2 is 2.06 bits per heavy atom. The normalized spacial score (nSPS) is 10.9. The van der Waals surface area contributed by atoms with E-state index in [1.54, 1.807) is 13.2 Å². The van der Waals surface area contributed by atoms with Gasteiger partial charge >= 0.3 is 6.09 Å². The van der Waals surface area contributed by atoms with Gasteiger partial charge in [0.15, 0.2) is 0 Å². The van der Waals surface area contributed by atoms with Crippen LogP contribution in [-0.4, -0.2) is 23.8 Å². The molecule has 0 saturated heterocycles. The fraction of sp³-hybridized carbons (Fsp3) is 0.538. The third-order valence-electron chi connectivity index (χ3n) is 2.20. The van der Waals surface area contributed by atoms with Crippen molar-refractivity contribution >= 4 is 6.09 Å². The number of nitrogens with one attached hydrogen (secondary N) is 1. The number of pyridine rings is 1. The van der Waals surface area contributed by atoms with Crippen LogP contribution in [0.2, 0.25) is 0 Å². The minimum Gasteiger partial charge on any atom is -0.481 e. The Morgan fingerprint density at radius 1 is 1.39 bits per heavy atom. The first-order valence-corrected chi connectivity index (χ1v) is 5.79. The maximum atomic E-state index is 11.5. The van der Waals surface area contributed by atoms with Crippen molar-refractivity contribution in [3.8, 4) is 5.88 Å². The Balaban J connectivity index is 2.56. The minimum absolute atomic E-state index is 0.387. The Labute approximate surface area is 108 Å². The largest absolute Gasteiger partial charge is 0.481 e. The number of carbonyl (C=O) groups is 1. The van der Waals surface area contributed by atoms with Gasteiger partial charge in [0.2, 0.25) is 5.88 Å². The van der Waals surface area contributed by atoms with Crippen molar-refractivity contribution in [2.45, 2.75) is 39.8 Å². The van der Waals surface area contributed by atoms with Crippen molar-refractivity contribution in [3.63, 3.8) is 0 Å². The zero-order valence-electron chi connectivity index (χ0n) is 11.5. The number of carbonyl (C=O) groups excluding carboxylic acids is 1. The number of alkyl carbamates (subject to hydrolysis) is 1. The molecule has 5 heteroatoms. The van der Waals surface area contributed by atoms with Crippen LogP contribution in [0.15, 0.2) is 12.1 Å². The van der Waals surface area contributed by atoms with Crippen molar-refractivity contribution in [2.75, 3.05) is 7.11 Å². The Morgan fingerprint density at radius 3 is 2.56 bits per heavy atom. The molecule has 0 spiro atoms. The number of nitrogens with zero attached hydrogens (tertiary/aromatic N) is 1. The van der Waals surface area contributed by atoms with E-state index in [4.69, 9.17) is 9.47 Å². The number of hydrogen-bond acceptors (Lipinski definition) is 4. The van der Waals surface area contributed by atoms with E-state index in [0.29, 0.717) is 12.4 Å². The number of rotatable bonds is 3. The summed E-state index contributed by atoms with van der Waals surface area (Å²) in [6.07, 6.45) is -0.433. The van der Waals surface area contributed by atoms with Crippen LogP contribution < -0.4 is 10.1 Å². The van der Waals surface area contributed by atoms with Crippen LogP contribution in [0.25, 0.3) is 0 Å². The summed E-state index contributed by atoms with van der Waals surface area (Å²) in [5.41, 5.74) is 1.27. The first-order valence-electron chi connectivity index (χ1n) is 5.79. The first kappa shape index (κ1) is 14.3. The number of amides is 1. The zero-order chi connectivity index (χ0) is 13.8. The lowest BCUT2D eigenvalue weighted by Gasteiger charge is -2.19. The van der Waals surface area contributed by atoms with Gasteiger partial charge in [-0.25, -0.2) is 9.78 Å². The molecule has 0 aliphatic rings. The summed E-state index contributed by atoms with van der Waals surface area (Å²) < 4.78 is 10.2. The van der Waals surface area contributed by atoms with E-state index >= 15 is 0 Å². The molecule has 1 N–H and O–H groups in total. The summed E-state index contributed by atoms with van der Waals surface area (Å²) in [5, 5.41) is 2.69. The van der Waals surface area contributed by atoms with Crippen LogP contribution in [0.1, 0.15) is 32.0 Å². The molecule has 1 aromatic rings. The summed E-state index contributed by atoms with van der Waals surface area (Å²) in [6, 6.07) is 3.64. The van der Waals surface area contributed by atoms with Gasteiger partial charge in [0.1, 0.15) is 5.60 Å². The predicted molar refractivity (Wildman–Crippen MR) is 68.6 cm³/mol. The molecule has 5 nitrogen and oxygen atoms in total. The van der Waals surface area contributed by atoms with Gasteiger partial charge in [0, 0.05) is 18.3 Å². The minimum atomic E-state index is -0.489. The topological polar surface area (TPSA) is 60.5 Å². The molecule has 0 fully saturated rings. The van der Waals surface area contributed by atoms with Crippen molar-refractivity contribution in [2.24, 2.45) is 0 Å². The fourth-order valence-corrected chi connectivity index (χ4v) is 1.35. The average Bonchev–Trinajstić information content (AvgIpc) is 2.25. The lowest BCUT2D eigenvalue weighted by molar-refractivity contribution is 0.0523. The molecule has 0 aliphatic heterocycles. The van der Waals surface area contributed by atoms with Crippen LogP contribution in [0, 0.1) is 6.92 Å². The zero-order valence-corrected chi connectivity index (χ0v) is 11.5. The van der Waals surface area contributed by atoms with Crippen LogP contribution in [0.4, 0.5) is 4.79 Å².